The lowest BCUT2D eigenvalue weighted by Gasteiger charge is -1.99. The minimum atomic E-state index is 0.740. The maximum atomic E-state index is 5.76. The van der Waals surface area contributed by atoms with E-state index in [9.17, 15) is 0 Å². The van der Waals surface area contributed by atoms with Crippen LogP contribution in [0.2, 0.25) is 5.02 Å². The van der Waals surface area contributed by atoms with Gasteiger partial charge in [-0.25, -0.2) is 0 Å². The van der Waals surface area contributed by atoms with Crippen molar-refractivity contribution in [3.05, 3.63) is 66.2 Å². The zero-order valence-electron chi connectivity index (χ0n) is 7.33. The van der Waals surface area contributed by atoms with Crippen molar-refractivity contribution in [1.29, 1.82) is 0 Å². The van der Waals surface area contributed by atoms with E-state index in [1.807, 2.05) is 36.4 Å². The number of hydrogen-bond donors (Lipinski definition) is 0. The Hall–Kier alpha value is -1.27. The van der Waals surface area contributed by atoms with Crippen LogP contribution < -0.4 is 0 Å². The van der Waals surface area contributed by atoms with E-state index in [0.29, 0.717) is 0 Å². The lowest BCUT2D eigenvalue weighted by Crippen LogP contribution is -1.77. The number of rotatable bonds is 3. The number of benzene rings is 1. The lowest BCUT2D eigenvalue weighted by molar-refractivity contribution is 1.63. The molecule has 0 aliphatic carbocycles. The van der Waals surface area contributed by atoms with Crippen LogP contribution in [0.1, 0.15) is 5.56 Å². The van der Waals surface area contributed by atoms with E-state index in [4.69, 9.17) is 11.6 Å². The molecule has 66 valence electrons. The molecule has 1 heteroatoms. The Morgan fingerprint density at radius 3 is 2.38 bits per heavy atom. The predicted molar refractivity (Wildman–Crippen MR) is 59.8 cm³/mol. The highest BCUT2D eigenvalue weighted by Crippen LogP contribution is 2.16. The molecule has 0 spiro atoms. The second-order valence-corrected chi connectivity index (χ2v) is 3.06. The highest BCUT2D eigenvalue weighted by molar-refractivity contribution is 6.30. The Morgan fingerprint density at radius 2 is 1.85 bits per heavy atom. The summed E-state index contributed by atoms with van der Waals surface area (Å²) in [7, 11) is 0. The van der Waals surface area contributed by atoms with Crippen molar-refractivity contribution in [3.8, 4) is 0 Å². The molecule has 0 saturated heterocycles. The average Bonchev–Trinajstić information content (AvgIpc) is 2.15. The van der Waals surface area contributed by atoms with E-state index < -0.39 is 0 Å². The second kappa shape index (κ2) is 4.68. The van der Waals surface area contributed by atoms with Crippen molar-refractivity contribution in [3.63, 3.8) is 0 Å². The van der Waals surface area contributed by atoms with Gasteiger partial charge in [-0.2, -0.15) is 0 Å². The van der Waals surface area contributed by atoms with Gasteiger partial charge >= 0.3 is 0 Å². The van der Waals surface area contributed by atoms with Crippen molar-refractivity contribution in [1.82, 2.24) is 0 Å². The zero-order chi connectivity index (χ0) is 9.68. The van der Waals surface area contributed by atoms with Crippen molar-refractivity contribution in [2.45, 2.75) is 0 Å². The molecule has 0 aliphatic rings. The fourth-order valence-electron chi connectivity index (χ4n) is 0.944. The molecule has 0 aromatic heterocycles. The third-order valence-corrected chi connectivity index (χ3v) is 1.90. The van der Waals surface area contributed by atoms with E-state index in [1.54, 1.807) is 6.08 Å². The highest BCUT2D eigenvalue weighted by Gasteiger charge is 1.93. The van der Waals surface area contributed by atoms with Gasteiger partial charge < -0.3 is 0 Å². The molecular formula is C12H11Cl. The highest BCUT2D eigenvalue weighted by atomic mass is 35.5. The van der Waals surface area contributed by atoms with Crippen molar-refractivity contribution in [2.24, 2.45) is 0 Å². The van der Waals surface area contributed by atoms with Crippen LogP contribution in [0.5, 0.6) is 0 Å². The van der Waals surface area contributed by atoms with Crippen molar-refractivity contribution < 1.29 is 0 Å². The van der Waals surface area contributed by atoms with Gasteiger partial charge in [-0.15, -0.1) is 0 Å². The van der Waals surface area contributed by atoms with Crippen molar-refractivity contribution >= 4 is 17.2 Å². The zero-order valence-corrected chi connectivity index (χ0v) is 8.09. The summed E-state index contributed by atoms with van der Waals surface area (Å²) in [5.41, 5.74) is 2.03. The Morgan fingerprint density at radius 1 is 1.23 bits per heavy atom. The van der Waals surface area contributed by atoms with Gasteiger partial charge in [-0.1, -0.05) is 55.1 Å². The molecule has 0 bridgehead atoms. The molecule has 0 atom stereocenters. The van der Waals surface area contributed by atoms with E-state index in [0.717, 1.165) is 16.2 Å². The van der Waals surface area contributed by atoms with Gasteiger partial charge in [0.05, 0.1) is 0 Å². The molecule has 0 fully saturated rings. The monoisotopic (exact) mass is 190 g/mol. The quantitative estimate of drug-likeness (QED) is 0.630. The largest absolute Gasteiger partial charge is 0.0991 e. The first-order chi connectivity index (χ1) is 6.24. The molecule has 0 amide bonds. The number of halogens is 1. The van der Waals surface area contributed by atoms with E-state index in [1.165, 1.54) is 0 Å². The molecule has 0 saturated carbocycles. The van der Waals surface area contributed by atoms with E-state index in [2.05, 4.69) is 13.2 Å². The summed E-state index contributed by atoms with van der Waals surface area (Å²) < 4.78 is 0. The third-order valence-electron chi connectivity index (χ3n) is 1.65. The number of hydrogen-bond acceptors (Lipinski definition) is 0. The van der Waals surface area contributed by atoms with Gasteiger partial charge in [-0.05, 0) is 23.3 Å². The molecule has 13 heavy (non-hydrogen) atoms. The maximum Gasteiger partial charge on any atom is 0.0406 e. The maximum absolute atomic E-state index is 5.76. The van der Waals surface area contributed by atoms with Crippen molar-refractivity contribution in [2.75, 3.05) is 0 Å². The molecule has 1 rings (SSSR count). The van der Waals surface area contributed by atoms with Crippen LogP contribution in [0.15, 0.2) is 55.7 Å². The minimum absolute atomic E-state index is 0.740. The molecule has 0 N–H and O–H groups in total. The van der Waals surface area contributed by atoms with Gasteiger partial charge in [0.1, 0.15) is 0 Å². The lowest BCUT2D eigenvalue weighted by atomic mass is 10.1. The average molecular weight is 191 g/mol. The third kappa shape index (κ3) is 2.92. The van der Waals surface area contributed by atoms with Crippen LogP contribution in [-0.4, -0.2) is 0 Å². The van der Waals surface area contributed by atoms with Gasteiger partial charge in [0.2, 0.25) is 0 Å². The van der Waals surface area contributed by atoms with Crippen LogP contribution in [0.25, 0.3) is 5.57 Å². The SMILES string of the molecule is C=C/C=C\C(=C)c1ccc(Cl)cc1. The molecule has 0 radical (unpaired) electrons. The summed E-state index contributed by atoms with van der Waals surface area (Å²) in [6, 6.07) is 7.59. The summed E-state index contributed by atoms with van der Waals surface area (Å²) >= 11 is 5.76. The van der Waals surface area contributed by atoms with Gasteiger partial charge in [0.25, 0.3) is 0 Å². The van der Waals surface area contributed by atoms with Crippen LogP contribution in [0.3, 0.4) is 0 Å². The minimum Gasteiger partial charge on any atom is -0.0991 e. The summed E-state index contributed by atoms with van der Waals surface area (Å²) in [5, 5.41) is 0.740. The number of allylic oxidation sites excluding steroid dienone is 4. The van der Waals surface area contributed by atoms with E-state index >= 15 is 0 Å². The van der Waals surface area contributed by atoms with Crippen LogP contribution in [-0.2, 0) is 0 Å². The second-order valence-electron chi connectivity index (χ2n) is 2.63. The van der Waals surface area contributed by atoms with Crippen LogP contribution in [0, 0.1) is 0 Å². The Bertz CT molecular complexity index is 331. The fraction of sp³-hybridized carbons (Fsp3) is 0. The normalized spacial score (nSPS) is 10.2. The first-order valence-corrected chi connectivity index (χ1v) is 4.36. The Labute approximate surface area is 83.9 Å². The molecule has 0 aliphatic heterocycles. The summed E-state index contributed by atoms with van der Waals surface area (Å²) in [5.74, 6) is 0. The molecular weight excluding hydrogens is 180 g/mol. The summed E-state index contributed by atoms with van der Waals surface area (Å²) in [6.45, 7) is 7.51. The Balaban J connectivity index is 2.83. The first-order valence-electron chi connectivity index (χ1n) is 3.98. The molecule has 1 aromatic rings. The molecule has 0 nitrogen and oxygen atoms in total. The van der Waals surface area contributed by atoms with E-state index in [-0.39, 0.29) is 0 Å². The van der Waals surface area contributed by atoms with Crippen LogP contribution >= 0.6 is 11.6 Å². The standard InChI is InChI=1S/C12H11Cl/c1-3-4-5-10(2)11-6-8-12(13)9-7-11/h3-9H,1-2H2/b5-4-. The van der Waals surface area contributed by atoms with Crippen LogP contribution in [0.4, 0.5) is 0 Å². The topological polar surface area (TPSA) is 0 Å². The smallest absolute Gasteiger partial charge is 0.0406 e. The summed E-state index contributed by atoms with van der Waals surface area (Å²) in [4.78, 5) is 0. The molecule has 0 unspecified atom stereocenters. The molecule has 0 heterocycles. The summed E-state index contributed by atoms with van der Waals surface area (Å²) in [6.07, 6.45) is 5.49. The van der Waals surface area contributed by atoms with Gasteiger partial charge in [-0.3, -0.25) is 0 Å². The Kier molecular flexibility index (Phi) is 3.53. The first kappa shape index (κ1) is 9.82. The van der Waals surface area contributed by atoms with Gasteiger partial charge in [0.15, 0.2) is 0 Å². The predicted octanol–water partition coefficient (Wildman–Crippen LogP) is 4.10. The molecule has 1 aromatic carbocycles. The fourth-order valence-corrected chi connectivity index (χ4v) is 1.07. The van der Waals surface area contributed by atoms with Gasteiger partial charge in [0, 0.05) is 5.02 Å².